The number of carboxylic acid groups (broad SMARTS) is 1. The van der Waals surface area contributed by atoms with Crippen molar-refractivity contribution < 1.29 is 19.7 Å². The third-order valence-electron chi connectivity index (χ3n) is 7.63. The second-order valence-electron chi connectivity index (χ2n) is 9.42. The number of carboxylic acids is 1. The standard InChI is InChI=1S/C20H32O4/c1-13-6-7-14-17(2,3)15(21)8-9-19(14,5)20(13)11-10-18(4,24-20)12-16(22)23/h6,14-15,21H,7-12H2,1-5H3,(H,22,23)/t14-,15-,18-,19-,20+/m0/s1. The number of aliphatic hydroxyl groups excluding tert-OH is 1. The molecule has 1 spiro atoms. The van der Waals surface area contributed by atoms with Gasteiger partial charge in [-0.05, 0) is 62.9 Å². The number of fused-ring (bicyclic) bond motifs is 2. The van der Waals surface area contributed by atoms with Gasteiger partial charge in [0, 0.05) is 5.41 Å². The Balaban J connectivity index is 2.03. The first-order valence-corrected chi connectivity index (χ1v) is 9.24. The fourth-order valence-corrected chi connectivity index (χ4v) is 6.08. The number of ether oxygens (including phenoxy) is 1. The van der Waals surface area contributed by atoms with Crippen molar-refractivity contribution in [1.29, 1.82) is 0 Å². The predicted molar refractivity (Wildman–Crippen MR) is 92.7 cm³/mol. The summed E-state index contributed by atoms with van der Waals surface area (Å²) in [5.74, 6) is -0.460. The van der Waals surface area contributed by atoms with Crippen molar-refractivity contribution in [3.63, 3.8) is 0 Å². The van der Waals surface area contributed by atoms with E-state index >= 15 is 0 Å². The van der Waals surface area contributed by atoms with Crippen molar-refractivity contribution in [2.24, 2.45) is 16.7 Å². The minimum Gasteiger partial charge on any atom is -0.481 e. The molecule has 1 heterocycles. The highest BCUT2D eigenvalue weighted by atomic mass is 16.5. The van der Waals surface area contributed by atoms with Gasteiger partial charge >= 0.3 is 5.97 Å². The lowest BCUT2D eigenvalue weighted by Crippen LogP contribution is -2.62. The molecule has 2 fully saturated rings. The maximum absolute atomic E-state index is 11.3. The molecule has 0 bridgehead atoms. The molecule has 3 aliphatic rings. The Kier molecular flexibility index (Phi) is 3.97. The third kappa shape index (κ3) is 2.29. The molecule has 5 atom stereocenters. The molecule has 0 aromatic heterocycles. The molecular weight excluding hydrogens is 304 g/mol. The highest BCUT2D eigenvalue weighted by Gasteiger charge is 2.65. The lowest BCUT2D eigenvalue weighted by atomic mass is 9.46. The highest BCUT2D eigenvalue weighted by Crippen LogP contribution is 2.66. The average Bonchev–Trinajstić information content (AvgIpc) is 2.80. The van der Waals surface area contributed by atoms with Crippen LogP contribution in [0, 0.1) is 16.7 Å². The van der Waals surface area contributed by atoms with Crippen LogP contribution in [0.1, 0.15) is 73.1 Å². The first kappa shape index (κ1) is 17.9. The van der Waals surface area contributed by atoms with Gasteiger partial charge in [0.1, 0.15) is 0 Å². The van der Waals surface area contributed by atoms with Gasteiger partial charge in [-0.15, -0.1) is 0 Å². The highest BCUT2D eigenvalue weighted by molar-refractivity contribution is 5.68. The second kappa shape index (κ2) is 5.31. The summed E-state index contributed by atoms with van der Waals surface area (Å²) in [5.41, 5.74) is 0.0309. The van der Waals surface area contributed by atoms with E-state index < -0.39 is 17.2 Å². The van der Waals surface area contributed by atoms with Gasteiger partial charge in [0.25, 0.3) is 0 Å². The van der Waals surface area contributed by atoms with Crippen LogP contribution in [-0.2, 0) is 9.53 Å². The monoisotopic (exact) mass is 336 g/mol. The van der Waals surface area contributed by atoms with E-state index in [0.29, 0.717) is 5.92 Å². The fourth-order valence-electron chi connectivity index (χ4n) is 6.08. The molecule has 0 aromatic rings. The Bertz CT molecular complexity index is 580. The Morgan fingerprint density at radius 2 is 1.92 bits per heavy atom. The lowest BCUT2D eigenvalue weighted by Gasteiger charge is -2.62. The number of aliphatic hydroxyl groups is 1. The van der Waals surface area contributed by atoms with Crippen LogP contribution in [0.2, 0.25) is 0 Å². The number of hydrogen-bond acceptors (Lipinski definition) is 3. The maximum Gasteiger partial charge on any atom is 0.306 e. The van der Waals surface area contributed by atoms with Crippen molar-refractivity contribution in [2.45, 2.75) is 90.4 Å². The van der Waals surface area contributed by atoms with E-state index in [-0.39, 0.29) is 23.4 Å². The van der Waals surface area contributed by atoms with Crippen LogP contribution in [0.25, 0.3) is 0 Å². The molecule has 0 aromatic carbocycles. The summed E-state index contributed by atoms with van der Waals surface area (Å²) in [6.45, 7) is 10.7. The van der Waals surface area contributed by atoms with E-state index in [1.807, 2.05) is 6.92 Å². The summed E-state index contributed by atoms with van der Waals surface area (Å²) < 4.78 is 6.67. The average molecular weight is 336 g/mol. The topological polar surface area (TPSA) is 66.8 Å². The fraction of sp³-hybridized carbons (Fsp3) is 0.850. The van der Waals surface area contributed by atoms with Crippen molar-refractivity contribution in [3.8, 4) is 0 Å². The molecule has 0 unspecified atom stereocenters. The van der Waals surface area contributed by atoms with Crippen LogP contribution in [0.4, 0.5) is 0 Å². The van der Waals surface area contributed by atoms with Gasteiger partial charge < -0.3 is 14.9 Å². The van der Waals surface area contributed by atoms with Gasteiger partial charge in [-0.2, -0.15) is 0 Å². The Hall–Kier alpha value is -0.870. The first-order chi connectivity index (χ1) is 11.0. The van der Waals surface area contributed by atoms with E-state index in [1.54, 1.807) is 0 Å². The number of carbonyl (C=O) groups is 1. The quantitative estimate of drug-likeness (QED) is 0.750. The largest absolute Gasteiger partial charge is 0.481 e. The van der Waals surface area contributed by atoms with Gasteiger partial charge in [-0.25, -0.2) is 0 Å². The number of aliphatic carboxylic acids is 1. The zero-order valence-electron chi connectivity index (χ0n) is 15.7. The molecule has 2 N–H and O–H groups in total. The SMILES string of the molecule is CC1=CC[C@H]2C(C)(C)[C@@H](O)CC[C@]2(C)[C@@]12CC[C@@](C)(CC(=O)O)O2. The molecule has 24 heavy (non-hydrogen) atoms. The van der Waals surface area contributed by atoms with E-state index in [1.165, 1.54) is 5.57 Å². The molecule has 4 heteroatoms. The van der Waals surface area contributed by atoms with Gasteiger partial charge in [0.15, 0.2) is 0 Å². The summed E-state index contributed by atoms with van der Waals surface area (Å²) in [5, 5.41) is 19.8. The molecule has 136 valence electrons. The molecule has 1 aliphatic heterocycles. The first-order valence-electron chi connectivity index (χ1n) is 9.24. The molecule has 2 aliphatic carbocycles. The minimum absolute atomic E-state index is 0.0504. The van der Waals surface area contributed by atoms with Gasteiger partial charge in [0.2, 0.25) is 0 Å². The molecule has 0 amide bonds. The molecule has 4 nitrogen and oxygen atoms in total. The normalized spacial score (nSPS) is 47.3. The Morgan fingerprint density at radius 3 is 2.54 bits per heavy atom. The summed E-state index contributed by atoms with van der Waals surface area (Å²) in [7, 11) is 0. The summed E-state index contributed by atoms with van der Waals surface area (Å²) >= 11 is 0. The van der Waals surface area contributed by atoms with Crippen LogP contribution < -0.4 is 0 Å². The lowest BCUT2D eigenvalue weighted by molar-refractivity contribution is -0.210. The van der Waals surface area contributed by atoms with Crippen LogP contribution in [0.3, 0.4) is 0 Å². The molecule has 3 rings (SSSR count). The van der Waals surface area contributed by atoms with Crippen LogP contribution in [0.15, 0.2) is 11.6 Å². The van der Waals surface area contributed by atoms with Crippen molar-refractivity contribution in [1.82, 2.24) is 0 Å². The third-order valence-corrected chi connectivity index (χ3v) is 7.63. The molecule has 1 saturated heterocycles. The smallest absolute Gasteiger partial charge is 0.306 e. The van der Waals surface area contributed by atoms with Gasteiger partial charge in [-0.1, -0.05) is 26.8 Å². The predicted octanol–water partition coefficient (Wildman–Crippen LogP) is 3.92. The Morgan fingerprint density at radius 1 is 1.25 bits per heavy atom. The summed E-state index contributed by atoms with van der Waals surface area (Å²) in [6, 6.07) is 0. The minimum atomic E-state index is -0.798. The number of rotatable bonds is 2. The number of allylic oxidation sites excluding steroid dienone is 1. The molecule has 0 radical (unpaired) electrons. The van der Waals surface area contributed by atoms with Gasteiger partial charge in [0.05, 0.1) is 23.7 Å². The molecular formula is C20H32O4. The second-order valence-corrected chi connectivity index (χ2v) is 9.42. The van der Waals surface area contributed by atoms with E-state index in [4.69, 9.17) is 4.74 Å². The van der Waals surface area contributed by atoms with Crippen molar-refractivity contribution >= 4 is 5.97 Å². The zero-order valence-corrected chi connectivity index (χ0v) is 15.7. The van der Waals surface area contributed by atoms with Gasteiger partial charge in [-0.3, -0.25) is 4.79 Å². The van der Waals surface area contributed by atoms with Crippen LogP contribution >= 0.6 is 0 Å². The molecule has 1 saturated carbocycles. The van der Waals surface area contributed by atoms with E-state index in [0.717, 1.165) is 32.1 Å². The van der Waals surface area contributed by atoms with Crippen LogP contribution in [0.5, 0.6) is 0 Å². The Labute approximate surface area is 145 Å². The summed E-state index contributed by atoms with van der Waals surface area (Å²) in [6.07, 6.45) is 6.37. The summed E-state index contributed by atoms with van der Waals surface area (Å²) in [4.78, 5) is 11.3. The van der Waals surface area contributed by atoms with E-state index in [2.05, 4.69) is 33.8 Å². The van der Waals surface area contributed by atoms with Crippen molar-refractivity contribution in [3.05, 3.63) is 11.6 Å². The van der Waals surface area contributed by atoms with Crippen LogP contribution in [-0.4, -0.2) is 33.5 Å². The maximum atomic E-state index is 11.3. The van der Waals surface area contributed by atoms with Crippen molar-refractivity contribution in [2.75, 3.05) is 0 Å². The zero-order chi connectivity index (χ0) is 18.0. The number of hydrogen-bond donors (Lipinski definition) is 2. The van der Waals surface area contributed by atoms with E-state index in [9.17, 15) is 15.0 Å².